The number of aliphatic hydroxyl groups excluding tert-OH is 1. The number of rotatable bonds is 9. The molecule has 0 amide bonds. The molecule has 4 aromatic rings. The van der Waals surface area contributed by atoms with Gasteiger partial charge in [0.1, 0.15) is 11.1 Å². The Bertz CT molecular complexity index is 1390. The molecule has 0 aliphatic heterocycles. The topological polar surface area (TPSA) is 74.0 Å². The molecule has 0 spiro atoms. The maximum absolute atomic E-state index is 12.6. The summed E-state index contributed by atoms with van der Waals surface area (Å²) in [5.74, 6) is 0.749. The predicted octanol–water partition coefficient (Wildman–Crippen LogP) is 7.11. The summed E-state index contributed by atoms with van der Waals surface area (Å²) in [6.45, 7) is 0. The summed E-state index contributed by atoms with van der Waals surface area (Å²) in [6, 6.07) is 29.0. The lowest BCUT2D eigenvalue weighted by molar-refractivity contribution is 0.224. The van der Waals surface area contributed by atoms with Gasteiger partial charge >= 0.3 is 0 Å². The summed E-state index contributed by atoms with van der Waals surface area (Å²) in [5.41, 5.74) is 4.73. The van der Waals surface area contributed by atoms with Crippen molar-refractivity contribution in [2.24, 2.45) is 0 Å². The van der Waals surface area contributed by atoms with E-state index in [0.717, 1.165) is 32.4 Å². The van der Waals surface area contributed by atoms with E-state index in [1.165, 1.54) is 11.8 Å². The number of hydrogen-bond donors (Lipinski definition) is 1. The van der Waals surface area contributed by atoms with Crippen LogP contribution >= 0.6 is 39.3 Å². The van der Waals surface area contributed by atoms with Crippen molar-refractivity contribution in [1.82, 2.24) is 4.98 Å². The highest BCUT2D eigenvalue weighted by Crippen LogP contribution is 2.34. The van der Waals surface area contributed by atoms with Crippen molar-refractivity contribution in [3.8, 4) is 28.5 Å². The molecule has 36 heavy (non-hydrogen) atoms. The minimum atomic E-state index is -1.24. The Morgan fingerprint density at radius 1 is 1.03 bits per heavy atom. The number of halogens is 2. The summed E-state index contributed by atoms with van der Waals surface area (Å²) in [4.78, 5) is 4.78. The molecule has 8 heteroatoms. The summed E-state index contributed by atoms with van der Waals surface area (Å²) < 4.78 is 13.6. The quantitative estimate of drug-likeness (QED) is 0.208. The van der Waals surface area contributed by atoms with Gasteiger partial charge in [0.2, 0.25) is 0 Å². The average molecular weight is 598 g/mol. The lowest BCUT2D eigenvalue weighted by Crippen LogP contribution is -2.20. The molecule has 0 aliphatic carbocycles. The van der Waals surface area contributed by atoms with Crippen LogP contribution in [-0.2, 0) is 16.6 Å². The Hall–Kier alpha value is -2.47. The van der Waals surface area contributed by atoms with Crippen LogP contribution in [-0.4, -0.2) is 31.9 Å². The number of aliphatic hydroxyl groups is 1. The van der Waals surface area contributed by atoms with Gasteiger partial charge in [0.05, 0.1) is 23.1 Å². The predicted molar refractivity (Wildman–Crippen MR) is 152 cm³/mol. The Kier molecular flexibility index (Phi) is 9.35. The van der Waals surface area contributed by atoms with E-state index in [1.807, 2.05) is 72.8 Å². The minimum Gasteiger partial charge on any atom is -0.391 e. The number of aromatic nitrogens is 1. The van der Waals surface area contributed by atoms with Gasteiger partial charge in [0, 0.05) is 42.9 Å². The highest BCUT2D eigenvalue weighted by Gasteiger charge is 2.18. The van der Waals surface area contributed by atoms with Gasteiger partial charge in [-0.1, -0.05) is 82.1 Å². The third kappa shape index (κ3) is 7.06. The van der Waals surface area contributed by atoms with Crippen LogP contribution in [0, 0.1) is 11.3 Å². The van der Waals surface area contributed by atoms with E-state index in [1.54, 1.807) is 12.1 Å². The summed E-state index contributed by atoms with van der Waals surface area (Å²) in [7, 11) is -1.24. The van der Waals surface area contributed by atoms with Crippen LogP contribution in [0.4, 0.5) is 0 Å². The average Bonchev–Trinajstić information content (AvgIpc) is 2.89. The van der Waals surface area contributed by atoms with E-state index in [-0.39, 0.29) is 11.5 Å². The monoisotopic (exact) mass is 596 g/mol. The maximum atomic E-state index is 12.6. The molecular formula is C28H22BrClN2O2S2. The molecular weight excluding hydrogens is 576 g/mol. The van der Waals surface area contributed by atoms with Crippen molar-refractivity contribution in [3.05, 3.63) is 106 Å². The number of nitriles is 1. The number of pyridine rings is 1. The van der Waals surface area contributed by atoms with Crippen molar-refractivity contribution in [2.75, 3.05) is 11.5 Å². The van der Waals surface area contributed by atoms with Gasteiger partial charge in [0.25, 0.3) is 0 Å². The Morgan fingerprint density at radius 2 is 1.72 bits per heavy atom. The first kappa shape index (κ1) is 26.6. The van der Waals surface area contributed by atoms with Crippen LogP contribution in [0.5, 0.6) is 0 Å². The molecule has 1 heterocycles. The first-order valence-corrected chi connectivity index (χ1v) is 14.7. The van der Waals surface area contributed by atoms with Crippen molar-refractivity contribution >= 4 is 50.1 Å². The van der Waals surface area contributed by atoms with Crippen LogP contribution in [0.3, 0.4) is 0 Å². The number of benzene rings is 3. The molecule has 0 bridgehead atoms. The fourth-order valence-corrected chi connectivity index (χ4v) is 6.31. The number of hydrogen-bond acceptors (Lipinski definition) is 5. The zero-order valence-electron chi connectivity index (χ0n) is 19.1. The molecule has 0 unspecified atom stereocenters. The minimum absolute atomic E-state index is 0.134. The molecule has 0 saturated carbocycles. The van der Waals surface area contributed by atoms with E-state index in [9.17, 15) is 14.6 Å². The fraction of sp³-hybridized carbons (Fsp3) is 0.143. The first-order valence-electron chi connectivity index (χ1n) is 11.1. The lowest BCUT2D eigenvalue weighted by Gasteiger charge is -2.14. The van der Waals surface area contributed by atoms with Crippen LogP contribution < -0.4 is 0 Å². The second kappa shape index (κ2) is 12.7. The lowest BCUT2D eigenvalue weighted by atomic mass is 9.99. The Balaban J connectivity index is 1.56. The molecule has 0 saturated heterocycles. The molecule has 2 atom stereocenters. The second-order valence-corrected chi connectivity index (χ2v) is 11.9. The third-order valence-corrected chi connectivity index (χ3v) is 8.67. The molecule has 1 aromatic heterocycles. The van der Waals surface area contributed by atoms with Gasteiger partial charge in [-0.2, -0.15) is 5.26 Å². The highest BCUT2D eigenvalue weighted by molar-refractivity contribution is 9.10. The van der Waals surface area contributed by atoms with Crippen molar-refractivity contribution < 1.29 is 9.32 Å². The highest BCUT2D eigenvalue weighted by atomic mass is 79.9. The Labute approximate surface area is 231 Å². The molecule has 3 aromatic carbocycles. The maximum Gasteiger partial charge on any atom is 0.115 e. The zero-order valence-corrected chi connectivity index (χ0v) is 23.1. The van der Waals surface area contributed by atoms with Gasteiger partial charge in [-0.3, -0.25) is 4.21 Å². The van der Waals surface area contributed by atoms with Gasteiger partial charge in [0.15, 0.2) is 0 Å². The first-order chi connectivity index (χ1) is 17.4. The largest absolute Gasteiger partial charge is 0.391 e. The van der Waals surface area contributed by atoms with Crippen LogP contribution in [0.15, 0.2) is 94.4 Å². The number of thioether (sulfide) groups is 1. The molecule has 4 nitrogen and oxygen atoms in total. The fourth-order valence-electron chi connectivity index (χ4n) is 3.61. The summed E-state index contributed by atoms with van der Waals surface area (Å²) in [5, 5.41) is 21.8. The van der Waals surface area contributed by atoms with Crippen LogP contribution in [0.2, 0.25) is 5.02 Å². The van der Waals surface area contributed by atoms with E-state index >= 15 is 0 Å². The number of nitrogens with zero attached hydrogens (tertiary/aromatic N) is 2. The molecule has 4 rings (SSSR count). The van der Waals surface area contributed by atoms with Crippen molar-refractivity contribution in [3.63, 3.8) is 0 Å². The van der Waals surface area contributed by atoms with E-state index < -0.39 is 16.9 Å². The van der Waals surface area contributed by atoms with E-state index in [2.05, 4.69) is 22.0 Å². The molecule has 0 fully saturated rings. The van der Waals surface area contributed by atoms with Crippen LogP contribution in [0.1, 0.15) is 11.1 Å². The van der Waals surface area contributed by atoms with Crippen LogP contribution in [0.25, 0.3) is 22.4 Å². The molecule has 0 radical (unpaired) electrons. The smallest absolute Gasteiger partial charge is 0.115 e. The Morgan fingerprint density at radius 3 is 2.39 bits per heavy atom. The molecule has 1 N–H and O–H groups in total. The van der Waals surface area contributed by atoms with Gasteiger partial charge in [-0.25, -0.2) is 4.98 Å². The molecule has 0 aliphatic rings. The zero-order chi connectivity index (χ0) is 25.5. The third-order valence-electron chi connectivity index (χ3n) is 5.35. The summed E-state index contributed by atoms with van der Waals surface area (Å²) >= 11 is 10.7. The van der Waals surface area contributed by atoms with Crippen molar-refractivity contribution in [2.45, 2.75) is 16.9 Å². The van der Waals surface area contributed by atoms with E-state index in [4.69, 9.17) is 16.6 Å². The standard InChI is InChI=1S/C28H22BrClN2O2S2/c29-22-10-8-21(9-11-22)27-14-25(20-4-2-1-3-5-20)26(15-31)28(32-27)35-16-24(33)18-36(34)17-19-6-12-23(30)13-7-19/h1-14,24,33H,16-18H2/t24-,36+/m0/s1. The normalized spacial score (nSPS) is 12.6. The summed E-state index contributed by atoms with van der Waals surface area (Å²) in [6.07, 6.45) is -0.812. The van der Waals surface area contributed by atoms with Gasteiger partial charge in [-0.15, -0.1) is 11.8 Å². The van der Waals surface area contributed by atoms with E-state index in [0.29, 0.717) is 21.4 Å². The molecule has 182 valence electrons. The van der Waals surface area contributed by atoms with Crippen molar-refractivity contribution in [1.29, 1.82) is 5.26 Å². The SMILES string of the molecule is N#Cc1c(-c2ccccc2)cc(-c2ccc(Br)cc2)nc1SC[C@H](O)C[S@](=O)Cc1ccc(Cl)cc1. The van der Waals surface area contributed by atoms with Gasteiger partial charge in [-0.05, 0) is 41.5 Å². The van der Waals surface area contributed by atoms with Gasteiger partial charge < -0.3 is 5.11 Å². The second-order valence-electron chi connectivity index (χ2n) is 8.06.